The Labute approximate surface area is 128 Å². The van der Waals surface area contributed by atoms with E-state index in [0.29, 0.717) is 16.3 Å². The van der Waals surface area contributed by atoms with Crippen molar-refractivity contribution < 1.29 is 4.79 Å². The van der Waals surface area contributed by atoms with Crippen LogP contribution in [0.1, 0.15) is 11.1 Å². The van der Waals surface area contributed by atoms with Crippen molar-refractivity contribution >= 4 is 29.3 Å². The number of rotatable bonds is 3. The summed E-state index contributed by atoms with van der Waals surface area (Å²) >= 11 is 6.03. The molecule has 0 spiro atoms. The van der Waals surface area contributed by atoms with E-state index in [4.69, 9.17) is 16.9 Å². The molecule has 0 aliphatic rings. The van der Waals surface area contributed by atoms with E-state index in [0.717, 1.165) is 5.56 Å². The molecule has 1 N–H and O–H groups in total. The minimum atomic E-state index is -0.456. The lowest BCUT2D eigenvalue weighted by atomic mass is 10.1. The Hall–Kier alpha value is -2.57. The van der Waals surface area contributed by atoms with Gasteiger partial charge in [-0.2, -0.15) is 5.26 Å². The Balaban J connectivity index is 2.24. The zero-order chi connectivity index (χ0) is 15.2. The van der Waals surface area contributed by atoms with Gasteiger partial charge >= 0.3 is 0 Å². The van der Waals surface area contributed by atoms with E-state index in [-0.39, 0.29) is 5.57 Å². The topological polar surface area (TPSA) is 52.9 Å². The van der Waals surface area contributed by atoms with Gasteiger partial charge < -0.3 is 5.32 Å². The second-order valence-electron chi connectivity index (χ2n) is 4.51. The number of aryl methyl sites for hydroxylation is 1. The molecular formula is C17H13ClN2O. The summed E-state index contributed by atoms with van der Waals surface area (Å²) in [6.07, 6.45) is 1.48. The molecule has 0 fully saturated rings. The summed E-state index contributed by atoms with van der Waals surface area (Å²) in [6.45, 7) is 1.93. The maximum atomic E-state index is 12.1. The third-order valence-corrected chi connectivity index (χ3v) is 3.19. The second kappa shape index (κ2) is 6.74. The van der Waals surface area contributed by atoms with Gasteiger partial charge in [-0.3, -0.25) is 4.79 Å². The summed E-state index contributed by atoms with van der Waals surface area (Å²) in [5.74, 6) is -0.456. The van der Waals surface area contributed by atoms with Crippen LogP contribution in [0.15, 0.2) is 54.1 Å². The van der Waals surface area contributed by atoms with Crippen molar-refractivity contribution in [3.05, 3.63) is 70.3 Å². The van der Waals surface area contributed by atoms with E-state index in [9.17, 15) is 4.79 Å². The number of hydrogen-bond donors (Lipinski definition) is 1. The van der Waals surface area contributed by atoms with Crippen LogP contribution in [0.2, 0.25) is 5.02 Å². The number of benzene rings is 2. The molecule has 104 valence electrons. The van der Waals surface area contributed by atoms with Gasteiger partial charge in [0.2, 0.25) is 0 Å². The van der Waals surface area contributed by atoms with Crippen LogP contribution in [0.4, 0.5) is 5.69 Å². The van der Waals surface area contributed by atoms with Crippen LogP contribution in [0, 0.1) is 18.3 Å². The first-order valence-electron chi connectivity index (χ1n) is 6.34. The molecule has 2 aromatic carbocycles. The molecule has 0 saturated heterocycles. The molecule has 0 radical (unpaired) electrons. The van der Waals surface area contributed by atoms with Crippen molar-refractivity contribution in [1.82, 2.24) is 0 Å². The fourth-order valence-corrected chi connectivity index (χ4v) is 2.01. The van der Waals surface area contributed by atoms with Crippen molar-refractivity contribution in [2.75, 3.05) is 5.32 Å². The van der Waals surface area contributed by atoms with E-state index in [2.05, 4.69) is 5.32 Å². The zero-order valence-corrected chi connectivity index (χ0v) is 12.2. The Morgan fingerprint density at radius 2 is 2.00 bits per heavy atom. The van der Waals surface area contributed by atoms with E-state index in [1.165, 1.54) is 6.08 Å². The van der Waals surface area contributed by atoms with Gasteiger partial charge in [0.05, 0.1) is 0 Å². The SMILES string of the molecule is Cc1cccc(NC(=O)/C(C#N)=C/c2ccccc2Cl)c1. The highest BCUT2D eigenvalue weighted by atomic mass is 35.5. The summed E-state index contributed by atoms with van der Waals surface area (Å²) in [5.41, 5.74) is 2.32. The summed E-state index contributed by atoms with van der Waals surface area (Å²) in [4.78, 5) is 12.1. The van der Waals surface area contributed by atoms with Crippen molar-refractivity contribution in [3.8, 4) is 6.07 Å². The lowest BCUT2D eigenvalue weighted by molar-refractivity contribution is -0.112. The Kier molecular flexibility index (Phi) is 4.76. The van der Waals surface area contributed by atoms with Crippen molar-refractivity contribution in [3.63, 3.8) is 0 Å². The normalized spacial score (nSPS) is 10.8. The first-order valence-corrected chi connectivity index (χ1v) is 6.72. The Morgan fingerprint density at radius 1 is 1.24 bits per heavy atom. The van der Waals surface area contributed by atoms with Crippen LogP contribution in [0.25, 0.3) is 6.08 Å². The molecule has 0 aliphatic heterocycles. The van der Waals surface area contributed by atoms with Crippen LogP contribution in [0.3, 0.4) is 0 Å². The molecule has 0 atom stereocenters. The third kappa shape index (κ3) is 3.95. The molecule has 1 amide bonds. The number of halogens is 1. The molecule has 0 saturated carbocycles. The first kappa shape index (κ1) is 14.8. The lowest BCUT2D eigenvalue weighted by Gasteiger charge is -2.05. The van der Waals surface area contributed by atoms with Crippen LogP contribution in [-0.4, -0.2) is 5.91 Å². The van der Waals surface area contributed by atoms with E-state index in [1.54, 1.807) is 30.3 Å². The third-order valence-electron chi connectivity index (χ3n) is 2.85. The lowest BCUT2D eigenvalue weighted by Crippen LogP contribution is -2.13. The van der Waals surface area contributed by atoms with Crippen LogP contribution in [-0.2, 0) is 4.79 Å². The monoisotopic (exact) mass is 296 g/mol. The predicted molar refractivity (Wildman–Crippen MR) is 84.9 cm³/mol. The molecule has 0 aromatic heterocycles. The number of nitrogens with zero attached hydrogens (tertiary/aromatic N) is 1. The summed E-state index contributed by atoms with van der Waals surface area (Å²) in [7, 11) is 0. The van der Waals surface area contributed by atoms with E-state index < -0.39 is 5.91 Å². The maximum absolute atomic E-state index is 12.1. The predicted octanol–water partition coefficient (Wildman–Crippen LogP) is 4.19. The van der Waals surface area contributed by atoms with Crippen molar-refractivity contribution in [2.24, 2.45) is 0 Å². The Morgan fingerprint density at radius 3 is 2.67 bits per heavy atom. The number of nitriles is 1. The van der Waals surface area contributed by atoms with Crippen molar-refractivity contribution in [1.29, 1.82) is 5.26 Å². The molecule has 0 bridgehead atoms. The quantitative estimate of drug-likeness (QED) is 0.682. The average molecular weight is 297 g/mol. The van der Waals surface area contributed by atoms with E-state index in [1.807, 2.05) is 31.2 Å². The molecule has 0 heterocycles. The summed E-state index contributed by atoms with van der Waals surface area (Å²) < 4.78 is 0. The van der Waals surface area contributed by atoms with Gasteiger partial charge in [0.1, 0.15) is 11.6 Å². The highest BCUT2D eigenvalue weighted by Crippen LogP contribution is 2.19. The molecule has 21 heavy (non-hydrogen) atoms. The highest BCUT2D eigenvalue weighted by molar-refractivity contribution is 6.32. The zero-order valence-electron chi connectivity index (χ0n) is 11.4. The molecule has 2 aromatic rings. The molecule has 3 nitrogen and oxygen atoms in total. The van der Waals surface area contributed by atoms with Gasteiger partial charge in [-0.05, 0) is 42.3 Å². The van der Waals surface area contributed by atoms with Crippen LogP contribution in [0.5, 0.6) is 0 Å². The molecular weight excluding hydrogens is 284 g/mol. The number of carbonyl (C=O) groups excluding carboxylic acids is 1. The van der Waals surface area contributed by atoms with Gasteiger partial charge in [0, 0.05) is 10.7 Å². The second-order valence-corrected chi connectivity index (χ2v) is 4.92. The molecule has 0 unspecified atom stereocenters. The van der Waals surface area contributed by atoms with Gasteiger partial charge in [0.15, 0.2) is 0 Å². The van der Waals surface area contributed by atoms with Crippen molar-refractivity contribution in [2.45, 2.75) is 6.92 Å². The number of hydrogen-bond acceptors (Lipinski definition) is 2. The van der Waals surface area contributed by atoms with Gasteiger partial charge in [0.25, 0.3) is 5.91 Å². The number of nitrogens with one attached hydrogen (secondary N) is 1. The maximum Gasteiger partial charge on any atom is 0.266 e. The number of amides is 1. The smallest absolute Gasteiger partial charge is 0.266 e. The largest absolute Gasteiger partial charge is 0.321 e. The first-order chi connectivity index (χ1) is 10.1. The minimum Gasteiger partial charge on any atom is -0.321 e. The summed E-state index contributed by atoms with van der Waals surface area (Å²) in [5, 5.41) is 12.4. The minimum absolute atomic E-state index is 0.00426. The van der Waals surface area contributed by atoms with E-state index >= 15 is 0 Å². The molecule has 2 rings (SSSR count). The Bertz CT molecular complexity index is 744. The standard InChI is InChI=1S/C17H13ClN2O/c1-12-5-4-7-15(9-12)20-17(21)14(11-19)10-13-6-2-3-8-16(13)18/h2-10H,1H3,(H,20,21)/b14-10+. The van der Waals surface area contributed by atoms with Crippen LogP contribution >= 0.6 is 11.6 Å². The van der Waals surface area contributed by atoms with Gasteiger partial charge in [-0.1, -0.05) is 41.9 Å². The van der Waals surface area contributed by atoms with Crippen LogP contribution < -0.4 is 5.32 Å². The fourth-order valence-electron chi connectivity index (χ4n) is 1.82. The molecule has 0 aliphatic carbocycles. The van der Waals surface area contributed by atoms with Gasteiger partial charge in [-0.25, -0.2) is 0 Å². The average Bonchev–Trinajstić information content (AvgIpc) is 2.46. The fraction of sp³-hybridized carbons (Fsp3) is 0.0588. The molecule has 4 heteroatoms. The summed E-state index contributed by atoms with van der Waals surface area (Å²) in [6, 6.07) is 16.3. The number of anilines is 1. The van der Waals surface area contributed by atoms with Gasteiger partial charge in [-0.15, -0.1) is 0 Å². The number of carbonyl (C=O) groups is 1. The highest BCUT2D eigenvalue weighted by Gasteiger charge is 2.10.